The largest absolute Gasteiger partial charge is 0.398 e. The van der Waals surface area contributed by atoms with Gasteiger partial charge in [-0.25, -0.2) is 16.8 Å². The predicted octanol–water partition coefficient (Wildman–Crippen LogP) is 1.07. The molecule has 0 aliphatic carbocycles. The molecule has 6 N–H and O–H groups in total. The van der Waals surface area contributed by atoms with Gasteiger partial charge in [0.15, 0.2) is 0 Å². The summed E-state index contributed by atoms with van der Waals surface area (Å²) in [6.07, 6.45) is -1.09. The summed E-state index contributed by atoms with van der Waals surface area (Å²) in [6, 6.07) is 8.59. The molecule has 8 nitrogen and oxygen atoms in total. The first-order chi connectivity index (χ1) is 11.9. The molecule has 0 amide bonds. The van der Waals surface area contributed by atoms with Crippen molar-refractivity contribution in [1.82, 2.24) is 9.44 Å². The van der Waals surface area contributed by atoms with Gasteiger partial charge in [0.1, 0.15) is 0 Å². The van der Waals surface area contributed by atoms with Gasteiger partial charge in [0, 0.05) is 11.4 Å². The molecule has 2 rings (SSSR count). The van der Waals surface area contributed by atoms with E-state index in [9.17, 15) is 16.8 Å². The Bertz CT molecular complexity index is 951. The van der Waals surface area contributed by atoms with Crippen molar-refractivity contribution in [3.8, 4) is 0 Å². The minimum atomic E-state index is -3.95. The quantitative estimate of drug-likeness (QED) is 0.423. The van der Waals surface area contributed by atoms with Gasteiger partial charge in [0.2, 0.25) is 20.0 Å². The Labute approximate surface area is 153 Å². The lowest BCUT2D eigenvalue weighted by Gasteiger charge is -2.17. The molecule has 0 saturated carbocycles. The van der Waals surface area contributed by atoms with E-state index in [0.29, 0.717) is 11.4 Å². The summed E-state index contributed by atoms with van der Waals surface area (Å²) >= 11 is 0. The zero-order valence-electron chi connectivity index (χ0n) is 14.6. The molecule has 0 saturated heterocycles. The minimum absolute atomic E-state index is 0.0498. The fourth-order valence-electron chi connectivity index (χ4n) is 2.20. The van der Waals surface area contributed by atoms with Gasteiger partial charge in [0.05, 0.1) is 16.0 Å². The lowest BCUT2D eigenvalue weighted by atomic mass is 10.2. The molecule has 142 valence electrons. The molecule has 2 aromatic rings. The van der Waals surface area contributed by atoms with Crippen molar-refractivity contribution in [1.29, 1.82) is 0 Å². The van der Waals surface area contributed by atoms with E-state index in [-0.39, 0.29) is 9.79 Å². The fraction of sp³-hybridized carbons (Fsp3) is 0.250. The molecule has 26 heavy (non-hydrogen) atoms. The van der Waals surface area contributed by atoms with Crippen LogP contribution < -0.4 is 20.9 Å². The molecule has 0 unspecified atom stereocenters. The number of hydrogen-bond donors (Lipinski definition) is 4. The smallest absolute Gasteiger partial charge is 0.241 e. The Morgan fingerprint density at radius 3 is 1.42 bits per heavy atom. The third-order valence-electron chi connectivity index (χ3n) is 3.79. The lowest BCUT2D eigenvalue weighted by Crippen LogP contribution is -2.45. The van der Waals surface area contributed by atoms with Crippen molar-refractivity contribution in [3.63, 3.8) is 0 Å². The van der Waals surface area contributed by atoms with E-state index in [2.05, 4.69) is 9.44 Å². The highest BCUT2D eigenvalue weighted by Crippen LogP contribution is 2.19. The van der Waals surface area contributed by atoms with Crippen molar-refractivity contribution < 1.29 is 16.8 Å². The summed E-state index contributed by atoms with van der Waals surface area (Å²) in [5.41, 5.74) is 13.6. The molecular formula is C16H22N4O4S2. The van der Waals surface area contributed by atoms with Crippen LogP contribution in [-0.2, 0) is 20.0 Å². The van der Waals surface area contributed by atoms with Gasteiger partial charge in [-0.15, -0.1) is 0 Å². The molecule has 2 aromatic carbocycles. The maximum absolute atomic E-state index is 12.4. The second kappa shape index (κ2) is 7.23. The average Bonchev–Trinajstić information content (AvgIpc) is 2.51. The lowest BCUT2D eigenvalue weighted by molar-refractivity contribution is 0.534. The zero-order valence-corrected chi connectivity index (χ0v) is 16.3. The summed E-state index contributed by atoms with van der Waals surface area (Å²) in [5, 5.41) is 0. The number of aryl methyl sites for hydroxylation is 2. The summed E-state index contributed by atoms with van der Waals surface area (Å²) in [6.45, 7) is 4.89. The molecule has 0 fully saturated rings. The van der Waals surface area contributed by atoms with Crippen LogP contribution in [0, 0.1) is 13.8 Å². The number of benzene rings is 2. The third kappa shape index (κ3) is 4.52. The van der Waals surface area contributed by atoms with Crippen molar-refractivity contribution >= 4 is 31.4 Å². The Morgan fingerprint density at radius 2 is 1.12 bits per heavy atom. The van der Waals surface area contributed by atoms with E-state index < -0.39 is 26.2 Å². The van der Waals surface area contributed by atoms with Crippen LogP contribution in [0.1, 0.15) is 18.1 Å². The maximum Gasteiger partial charge on any atom is 0.241 e. The summed E-state index contributed by atoms with van der Waals surface area (Å²) in [4.78, 5) is -0.0996. The topological polar surface area (TPSA) is 144 Å². The van der Waals surface area contributed by atoms with Gasteiger partial charge >= 0.3 is 0 Å². The number of hydrogen-bond acceptors (Lipinski definition) is 6. The van der Waals surface area contributed by atoms with Gasteiger partial charge in [-0.05, 0) is 56.2 Å². The van der Waals surface area contributed by atoms with Crippen LogP contribution in [0.4, 0.5) is 11.4 Å². The Balaban J connectivity index is 2.19. The Kier molecular flexibility index (Phi) is 5.61. The number of sulfonamides is 2. The third-order valence-corrected chi connectivity index (χ3v) is 6.86. The van der Waals surface area contributed by atoms with Crippen LogP contribution >= 0.6 is 0 Å². The average molecular weight is 399 g/mol. The fourth-order valence-corrected chi connectivity index (χ4v) is 4.65. The van der Waals surface area contributed by atoms with Crippen molar-refractivity contribution in [2.45, 2.75) is 36.7 Å². The van der Waals surface area contributed by atoms with E-state index >= 15 is 0 Å². The monoisotopic (exact) mass is 398 g/mol. The molecule has 0 aromatic heterocycles. The summed E-state index contributed by atoms with van der Waals surface area (Å²) in [7, 11) is -7.90. The van der Waals surface area contributed by atoms with Gasteiger partial charge in [-0.3, -0.25) is 0 Å². The highest BCUT2D eigenvalue weighted by atomic mass is 32.2. The number of nitrogens with two attached hydrogens (primary N) is 2. The number of anilines is 2. The summed E-state index contributed by atoms with van der Waals surface area (Å²) in [5.74, 6) is 0. The second-order valence-corrected chi connectivity index (χ2v) is 9.43. The standard InChI is InChI=1S/C16H22N4O4S2/c1-10-4-6-13(8-15(10)17)25(21,22)19-12(3)20-26(23,24)14-7-5-11(2)16(18)9-14/h4-9,12,19-20H,17-18H2,1-3H3. The number of nitrogen functional groups attached to an aromatic ring is 2. The second-order valence-electron chi connectivity index (χ2n) is 6.00. The van der Waals surface area contributed by atoms with Crippen molar-refractivity contribution in [3.05, 3.63) is 47.5 Å². The molecule has 0 spiro atoms. The molecule has 0 aliphatic rings. The highest BCUT2D eigenvalue weighted by Gasteiger charge is 2.23. The van der Waals surface area contributed by atoms with E-state index in [1.54, 1.807) is 26.0 Å². The van der Waals surface area contributed by atoms with Crippen LogP contribution in [0.15, 0.2) is 46.2 Å². The zero-order chi connectivity index (χ0) is 19.7. The summed E-state index contributed by atoms with van der Waals surface area (Å²) < 4.78 is 54.2. The first kappa shape index (κ1) is 20.2. The first-order valence-electron chi connectivity index (χ1n) is 7.69. The van der Waals surface area contributed by atoms with E-state index in [1.807, 2.05) is 0 Å². The Hall–Kier alpha value is -2.14. The number of rotatable bonds is 6. The van der Waals surface area contributed by atoms with Crippen molar-refractivity contribution in [2.24, 2.45) is 0 Å². The van der Waals surface area contributed by atoms with E-state index in [0.717, 1.165) is 11.1 Å². The molecule has 0 heterocycles. The Morgan fingerprint density at radius 1 is 0.769 bits per heavy atom. The van der Waals surface area contributed by atoms with E-state index in [4.69, 9.17) is 11.5 Å². The molecule has 0 atom stereocenters. The predicted molar refractivity (Wildman–Crippen MR) is 101 cm³/mol. The van der Waals surface area contributed by atoms with Crippen LogP contribution in [0.25, 0.3) is 0 Å². The van der Waals surface area contributed by atoms with Gasteiger partial charge < -0.3 is 11.5 Å². The van der Waals surface area contributed by atoms with Crippen molar-refractivity contribution in [2.75, 3.05) is 11.5 Å². The SMILES string of the molecule is Cc1ccc(S(=O)(=O)NC(C)NS(=O)(=O)c2ccc(C)c(N)c2)cc1N. The normalized spacial score (nSPS) is 12.5. The van der Waals surface area contributed by atoms with Crippen LogP contribution in [0.2, 0.25) is 0 Å². The van der Waals surface area contributed by atoms with Crippen LogP contribution in [-0.4, -0.2) is 23.0 Å². The maximum atomic E-state index is 12.4. The van der Waals surface area contributed by atoms with Crippen LogP contribution in [0.5, 0.6) is 0 Å². The van der Waals surface area contributed by atoms with Gasteiger partial charge in [-0.2, -0.15) is 9.44 Å². The van der Waals surface area contributed by atoms with Gasteiger partial charge in [-0.1, -0.05) is 12.1 Å². The van der Waals surface area contributed by atoms with Gasteiger partial charge in [0.25, 0.3) is 0 Å². The van der Waals surface area contributed by atoms with Crippen LogP contribution in [0.3, 0.4) is 0 Å². The molecule has 0 bridgehead atoms. The highest BCUT2D eigenvalue weighted by molar-refractivity contribution is 7.90. The molecule has 0 radical (unpaired) electrons. The molecule has 0 aliphatic heterocycles. The van der Waals surface area contributed by atoms with E-state index in [1.165, 1.54) is 31.2 Å². The molecular weight excluding hydrogens is 376 g/mol. The minimum Gasteiger partial charge on any atom is -0.398 e. The first-order valence-corrected chi connectivity index (χ1v) is 10.7. The number of nitrogens with one attached hydrogen (secondary N) is 2. The molecule has 10 heteroatoms.